The first kappa shape index (κ1) is 15.7. The van der Waals surface area contributed by atoms with Crippen LogP contribution in [0.25, 0.3) is 22.1 Å². The molecule has 3 rings (SSSR count). The van der Waals surface area contributed by atoms with Crippen LogP contribution in [0.3, 0.4) is 0 Å². The van der Waals surface area contributed by atoms with Crippen molar-refractivity contribution in [3.63, 3.8) is 0 Å². The molecule has 0 saturated carbocycles. The van der Waals surface area contributed by atoms with Gasteiger partial charge in [-0.15, -0.1) is 0 Å². The number of hydrogen-bond acceptors (Lipinski definition) is 7. The minimum atomic E-state index is -0.517. The van der Waals surface area contributed by atoms with Gasteiger partial charge in [-0.05, 0) is 17.7 Å². The van der Waals surface area contributed by atoms with Crippen molar-refractivity contribution in [2.75, 3.05) is 7.11 Å². The summed E-state index contributed by atoms with van der Waals surface area (Å²) in [6, 6.07) is 5.96. The van der Waals surface area contributed by atoms with Crippen molar-refractivity contribution < 1.29 is 24.5 Å². The maximum absolute atomic E-state index is 12.8. The average Bonchev–Trinajstić information content (AvgIpc) is 2.57. The molecule has 0 bridgehead atoms. The topological polar surface area (TPSA) is 126 Å². The van der Waals surface area contributed by atoms with Crippen LogP contribution in [0.1, 0.15) is 5.56 Å². The van der Waals surface area contributed by atoms with E-state index < -0.39 is 11.2 Å². The van der Waals surface area contributed by atoms with Crippen LogP contribution in [0.5, 0.6) is 23.0 Å². The van der Waals surface area contributed by atoms with Gasteiger partial charge in [-0.2, -0.15) is 0 Å². The van der Waals surface area contributed by atoms with E-state index in [1.807, 2.05) is 0 Å². The molecule has 1 heterocycles. The SMILES string of the molecule is COc1c(O)c(CN)c2occ(-c3ccc(O)cc3)c(=O)c2c1O. The summed E-state index contributed by atoms with van der Waals surface area (Å²) in [6.45, 7) is -0.111. The van der Waals surface area contributed by atoms with Gasteiger partial charge < -0.3 is 30.2 Å². The van der Waals surface area contributed by atoms with E-state index in [-0.39, 0.29) is 45.9 Å². The van der Waals surface area contributed by atoms with Gasteiger partial charge in [0, 0.05) is 6.54 Å². The first-order chi connectivity index (χ1) is 11.5. The fourth-order valence-corrected chi connectivity index (χ4v) is 2.60. The normalized spacial score (nSPS) is 10.9. The molecule has 124 valence electrons. The molecule has 0 spiro atoms. The van der Waals surface area contributed by atoms with Crippen molar-refractivity contribution in [1.82, 2.24) is 0 Å². The van der Waals surface area contributed by atoms with E-state index in [1.165, 1.54) is 25.5 Å². The number of phenolic OH excluding ortho intramolecular Hbond substituents is 3. The lowest BCUT2D eigenvalue weighted by Gasteiger charge is -2.13. The van der Waals surface area contributed by atoms with E-state index in [0.717, 1.165) is 0 Å². The number of aromatic hydroxyl groups is 3. The first-order valence-corrected chi connectivity index (χ1v) is 7.05. The van der Waals surface area contributed by atoms with Crippen molar-refractivity contribution in [3.8, 4) is 34.1 Å². The first-order valence-electron chi connectivity index (χ1n) is 7.05. The van der Waals surface area contributed by atoms with Gasteiger partial charge >= 0.3 is 0 Å². The number of benzene rings is 2. The largest absolute Gasteiger partial charge is 0.508 e. The summed E-state index contributed by atoms with van der Waals surface area (Å²) in [5.41, 5.74) is 5.97. The van der Waals surface area contributed by atoms with Gasteiger partial charge in [0.2, 0.25) is 11.2 Å². The lowest BCUT2D eigenvalue weighted by molar-refractivity contribution is 0.344. The van der Waals surface area contributed by atoms with Gasteiger partial charge in [0.1, 0.15) is 23.0 Å². The van der Waals surface area contributed by atoms with Crippen molar-refractivity contribution in [1.29, 1.82) is 0 Å². The van der Waals surface area contributed by atoms with E-state index in [1.54, 1.807) is 12.1 Å². The molecule has 0 unspecified atom stereocenters. The molecule has 7 heteroatoms. The second kappa shape index (κ2) is 5.78. The Morgan fingerprint density at radius 3 is 2.38 bits per heavy atom. The number of methoxy groups -OCH3 is 1. The molecular weight excluding hydrogens is 314 g/mol. The number of nitrogens with two attached hydrogens (primary N) is 1. The maximum Gasteiger partial charge on any atom is 0.204 e. The molecule has 1 aromatic heterocycles. The number of hydrogen-bond donors (Lipinski definition) is 4. The van der Waals surface area contributed by atoms with Crippen molar-refractivity contribution >= 4 is 11.0 Å². The fourth-order valence-electron chi connectivity index (χ4n) is 2.60. The highest BCUT2D eigenvalue weighted by molar-refractivity contribution is 5.93. The number of rotatable bonds is 3. The standard InChI is InChI=1S/C17H15NO6/c1-23-17-14(21)10(6-18)16-12(15(17)22)13(20)11(7-24-16)8-2-4-9(19)5-3-8/h2-5,7,19,21-22H,6,18H2,1H3. The number of fused-ring (bicyclic) bond motifs is 1. The molecule has 0 fully saturated rings. The molecule has 0 radical (unpaired) electrons. The van der Waals surface area contributed by atoms with Crippen LogP contribution < -0.4 is 15.9 Å². The maximum atomic E-state index is 12.8. The van der Waals surface area contributed by atoms with E-state index in [4.69, 9.17) is 14.9 Å². The van der Waals surface area contributed by atoms with Crippen LogP contribution in [-0.4, -0.2) is 22.4 Å². The molecule has 7 nitrogen and oxygen atoms in total. The Balaban J connectivity index is 2.41. The molecular formula is C17H15NO6. The van der Waals surface area contributed by atoms with Gasteiger partial charge in [0.05, 0.1) is 18.2 Å². The summed E-state index contributed by atoms with van der Waals surface area (Å²) in [5.74, 6) is -1.07. The zero-order chi connectivity index (χ0) is 17.4. The Bertz CT molecular complexity index is 975. The van der Waals surface area contributed by atoms with Crippen LogP contribution in [0.2, 0.25) is 0 Å². The zero-order valence-corrected chi connectivity index (χ0v) is 12.7. The molecule has 0 amide bonds. The molecule has 0 aliphatic heterocycles. The van der Waals surface area contributed by atoms with Crippen molar-refractivity contribution in [2.24, 2.45) is 5.73 Å². The van der Waals surface area contributed by atoms with Gasteiger partial charge in [-0.25, -0.2) is 0 Å². The summed E-state index contributed by atoms with van der Waals surface area (Å²) < 4.78 is 10.4. The smallest absolute Gasteiger partial charge is 0.204 e. The predicted octanol–water partition coefficient (Wildman–Crippen LogP) is 2.04. The van der Waals surface area contributed by atoms with Gasteiger partial charge in [0.15, 0.2) is 11.5 Å². The second-order valence-corrected chi connectivity index (χ2v) is 5.14. The van der Waals surface area contributed by atoms with E-state index in [0.29, 0.717) is 5.56 Å². The Labute approximate surface area is 136 Å². The molecule has 24 heavy (non-hydrogen) atoms. The van der Waals surface area contributed by atoms with Crippen molar-refractivity contribution in [2.45, 2.75) is 6.54 Å². The summed E-state index contributed by atoms with van der Waals surface area (Å²) in [5, 5.41) is 29.7. The monoisotopic (exact) mass is 329 g/mol. The van der Waals surface area contributed by atoms with E-state index in [9.17, 15) is 20.1 Å². The number of ether oxygens (including phenoxy) is 1. The summed E-state index contributed by atoms with van der Waals surface area (Å²) in [6.07, 6.45) is 1.22. The van der Waals surface area contributed by atoms with Crippen LogP contribution in [0.4, 0.5) is 0 Å². The lowest BCUT2D eigenvalue weighted by atomic mass is 10.0. The highest BCUT2D eigenvalue weighted by atomic mass is 16.5. The van der Waals surface area contributed by atoms with Gasteiger partial charge in [-0.3, -0.25) is 4.79 Å². The molecule has 0 atom stereocenters. The Morgan fingerprint density at radius 2 is 1.79 bits per heavy atom. The summed E-state index contributed by atoms with van der Waals surface area (Å²) in [4.78, 5) is 12.8. The Hall–Kier alpha value is -3.19. The van der Waals surface area contributed by atoms with Crippen molar-refractivity contribution in [3.05, 3.63) is 46.3 Å². The molecule has 3 aromatic rings. The van der Waals surface area contributed by atoms with Crippen LogP contribution in [-0.2, 0) is 6.54 Å². The van der Waals surface area contributed by atoms with E-state index >= 15 is 0 Å². The van der Waals surface area contributed by atoms with Gasteiger partial charge in [-0.1, -0.05) is 12.1 Å². The second-order valence-electron chi connectivity index (χ2n) is 5.14. The third-order valence-corrected chi connectivity index (χ3v) is 3.81. The van der Waals surface area contributed by atoms with E-state index in [2.05, 4.69) is 0 Å². The summed E-state index contributed by atoms with van der Waals surface area (Å²) in [7, 11) is 1.26. The molecule has 0 saturated heterocycles. The number of phenols is 3. The molecule has 0 aliphatic carbocycles. The molecule has 2 aromatic carbocycles. The predicted molar refractivity (Wildman–Crippen MR) is 87.4 cm³/mol. The minimum absolute atomic E-state index is 0.000767. The van der Waals surface area contributed by atoms with Crippen LogP contribution in [0, 0.1) is 0 Å². The highest BCUT2D eigenvalue weighted by Crippen LogP contribution is 2.44. The fraction of sp³-hybridized carbons (Fsp3) is 0.118. The van der Waals surface area contributed by atoms with Gasteiger partial charge in [0.25, 0.3) is 0 Å². The van der Waals surface area contributed by atoms with Crippen LogP contribution in [0.15, 0.2) is 39.7 Å². The molecule has 0 aliphatic rings. The summed E-state index contributed by atoms with van der Waals surface area (Å²) >= 11 is 0. The Morgan fingerprint density at radius 1 is 1.12 bits per heavy atom. The third-order valence-electron chi connectivity index (χ3n) is 3.81. The average molecular weight is 329 g/mol. The Kier molecular flexibility index (Phi) is 3.78. The quantitative estimate of drug-likeness (QED) is 0.579. The minimum Gasteiger partial charge on any atom is -0.508 e. The molecule has 5 N–H and O–H groups in total. The zero-order valence-electron chi connectivity index (χ0n) is 12.7. The van der Waals surface area contributed by atoms with Crippen LogP contribution >= 0.6 is 0 Å². The lowest BCUT2D eigenvalue weighted by Crippen LogP contribution is -2.09. The highest BCUT2D eigenvalue weighted by Gasteiger charge is 2.24. The third kappa shape index (κ3) is 2.22.